The molecule has 0 aliphatic carbocycles. The summed E-state index contributed by atoms with van der Waals surface area (Å²) >= 11 is 0. The molecule has 3 rings (SSSR count). The topological polar surface area (TPSA) is 116 Å². The SMILES string of the molecule is O=C(N[C@@H](Cc1ccccc1)C(=O)N1CCCC1P(=O)(O)O)OCc1ccccc1. The molecule has 0 radical (unpaired) electrons. The van der Waals surface area contributed by atoms with Crippen molar-refractivity contribution in [2.75, 3.05) is 6.54 Å². The number of rotatable bonds is 7. The van der Waals surface area contributed by atoms with Crippen molar-refractivity contribution in [2.45, 2.75) is 37.7 Å². The summed E-state index contributed by atoms with van der Waals surface area (Å²) in [5, 5.41) is 2.58. The number of nitrogens with zero attached hydrogens (tertiary/aromatic N) is 1. The van der Waals surface area contributed by atoms with Crippen LogP contribution < -0.4 is 5.32 Å². The van der Waals surface area contributed by atoms with Crippen LogP contribution in [0.3, 0.4) is 0 Å². The van der Waals surface area contributed by atoms with Crippen molar-refractivity contribution < 1.29 is 28.7 Å². The molecule has 2 atom stereocenters. The fourth-order valence-electron chi connectivity index (χ4n) is 3.51. The number of alkyl carbamates (subject to hydrolysis) is 1. The smallest absolute Gasteiger partial charge is 0.408 e. The number of amides is 2. The minimum Gasteiger partial charge on any atom is -0.445 e. The van der Waals surface area contributed by atoms with Crippen molar-refractivity contribution in [3.05, 3.63) is 71.8 Å². The van der Waals surface area contributed by atoms with Gasteiger partial charge >= 0.3 is 13.7 Å². The summed E-state index contributed by atoms with van der Waals surface area (Å²) in [6.45, 7) is 0.286. The molecule has 160 valence electrons. The van der Waals surface area contributed by atoms with Crippen molar-refractivity contribution in [3.8, 4) is 0 Å². The lowest BCUT2D eigenvalue weighted by Gasteiger charge is -2.29. The molecule has 30 heavy (non-hydrogen) atoms. The Kier molecular flexibility index (Phi) is 7.26. The van der Waals surface area contributed by atoms with Crippen molar-refractivity contribution in [1.29, 1.82) is 0 Å². The Balaban J connectivity index is 1.72. The third-order valence-corrected chi connectivity index (χ3v) is 6.29. The highest BCUT2D eigenvalue weighted by atomic mass is 31.2. The van der Waals surface area contributed by atoms with E-state index in [1.165, 1.54) is 4.90 Å². The molecule has 1 heterocycles. The van der Waals surface area contributed by atoms with E-state index in [1.54, 1.807) is 0 Å². The van der Waals surface area contributed by atoms with Crippen LogP contribution in [0.4, 0.5) is 4.79 Å². The summed E-state index contributed by atoms with van der Waals surface area (Å²) in [6.07, 6.45) is 0.148. The number of benzene rings is 2. The lowest BCUT2D eigenvalue weighted by Crippen LogP contribution is -2.51. The Hall–Kier alpha value is -2.67. The predicted octanol–water partition coefficient (Wildman–Crippen LogP) is 2.65. The minimum atomic E-state index is -4.47. The van der Waals surface area contributed by atoms with Gasteiger partial charge in [-0.15, -0.1) is 0 Å². The first-order valence-electron chi connectivity index (χ1n) is 9.71. The summed E-state index contributed by atoms with van der Waals surface area (Å²) in [4.78, 5) is 45.9. The van der Waals surface area contributed by atoms with Crippen molar-refractivity contribution in [2.24, 2.45) is 0 Å². The highest BCUT2D eigenvalue weighted by Gasteiger charge is 2.42. The van der Waals surface area contributed by atoms with E-state index in [9.17, 15) is 23.9 Å². The lowest BCUT2D eigenvalue weighted by molar-refractivity contribution is -0.133. The number of hydrogen-bond donors (Lipinski definition) is 3. The first kappa shape index (κ1) is 22.0. The molecule has 0 bridgehead atoms. The number of carbonyl (C=O) groups excluding carboxylic acids is 2. The summed E-state index contributed by atoms with van der Waals surface area (Å²) in [6, 6.07) is 17.3. The van der Waals surface area contributed by atoms with Crippen LogP contribution in [0.5, 0.6) is 0 Å². The third kappa shape index (κ3) is 5.92. The van der Waals surface area contributed by atoms with E-state index in [0.29, 0.717) is 6.42 Å². The van der Waals surface area contributed by atoms with Gasteiger partial charge in [-0.1, -0.05) is 60.7 Å². The molecule has 9 heteroatoms. The van der Waals surface area contributed by atoms with Gasteiger partial charge in [-0.05, 0) is 24.0 Å². The van der Waals surface area contributed by atoms with E-state index in [-0.39, 0.29) is 26.0 Å². The van der Waals surface area contributed by atoms with Crippen molar-refractivity contribution in [1.82, 2.24) is 10.2 Å². The van der Waals surface area contributed by atoms with Crippen LogP contribution in [0.25, 0.3) is 0 Å². The van der Waals surface area contributed by atoms with Gasteiger partial charge in [-0.2, -0.15) is 0 Å². The largest absolute Gasteiger partial charge is 0.445 e. The molecule has 2 aromatic rings. The molecule has 8 nitrogen and oxygen atoms in total. The second kappa shape index (κ2) is 9.89. The summed E-state index contributed by atoms with van der Waals surface area (Å²) in [5.74, 6) is -1.69. The number of likely N-dealkylation sites (tertiary alicyclic amines) is 1. The van der Waals surface area contributed by atoms with Gasteiger partial charge in [-0.25, -0.2) is 4.79 Å². The molecule has 0 spiro atoms. The average Bonchev–Trinajstić information content (AvgIpc) is 3.23. The predicted molar refractivity (Wildman–Crippen MR) is 110 cm³/mol. The Labute approximate surface area is 175 Å². The molecule has 1 aliphatic rings. The zero-order valence-electron chi connectivity index (χ0n) is 16.4. The Morgan fingerprint density at radius 3 is 2.27 bits per heavy atom. The van der Waals surface area contributed by atoms with E-state index in [2.05, 4.69) is 5.32 Å². The quantitative estimate of drug-likeness (QED) is 0.580. The normalized spacial score (nSPS) is 17.4. The van der Waals surface area contributed by atoms with Crippen molar-refractivity contribution >= 4 is 19.6 Å². The minimum absolute atomic E-state index is 0.0493. The molecule has 0 saturated carbocycles. The maximum absolute atomic E-state index is 13.1. The molecule has 1 unspecified atom stereocenters. The zero-order chi connectivity index (χ0) is 21.6. The van der Waals surface area contributed by atoms with E-state index in [4.69, 9.17) is 4.74 Å². The molecule has 2 amide bonds. The van der Waals surface area contributed by atoms with Gasteiger partial charge in [0, 0.05) is 13.0 Å². The number of carbonyl (C=O) groups is 2. The molecule has 1 aliphatic heterocycles. The fraction of sp³-hybridized carbons (Fsp3) is 0.333. The van der Waals surface area contributed by atoms with Crippen LogP contribution in [0.1, 0.15) is 24.0 Å². The van der Waals surface area contributed by atoms with Crippen molar-refractivity contribution in [3.63, 3.8) is 0 Å². The summed E-state index contributed by atoms with van der Waals surface area (Å²) in [5.41, 5.74) is 1.62. The first-order chi connectivity index (χ1) is 14.3. The molecule has 2 aromatic carbocycles. The van der Waals surface area contributed by atoms with Gasteiger partial charge < -0.3 is 24.7 Å². The van der Waals surface area contributed by atoms with Crippen LogP contribution in [-0.2, 0) is 27.1 Å². The van der Waals surface area contributed by atoms with E-state index >= 15 is 0 Å². The Morgan fingerprint density at radius 1 is 1.07 bits per heavy atom. The first-order valence-corrected chi connectivity index (χ1v) is 11.4. The van der Waals surface area contributed by atoms with Gasteiger partial charge in [-0.3, -0.25) is 9.36 Å². The molecule has 0 aromatic heterocycles. The molecular weight excluding hydrogens is 407 g/mol. The molecule has 1 saturated heterocycles. The van der Waals surface area contributed by atoms with Gasteiger partial charge in [0.2, 0.25) is 5.91 Å². The number of hydrogen-bond acceptors (Lipinski definition) is 4. The summed E-state index contributed by atoms with van der Waals surface area (Å²) in [7, 11) is -4.47. The standard InChI is InChI=1S/C21H25N2O6P/c24-20(23-13-7-12-19(23)30(26,27)28)18(14-16-8-3-1-4-9-16)22-21(25)29-15-17-10-5-2-6-11-17/h1-6,8-11,18-19H,7,12-15H2,(H,22,25)(H2,26,27,28)/t18-,19?/m0/s1. The highest BCUT2D eigenvalue weighted by Crippen LogP contribution is 2.48. The fourth-order valence-corrected chi connectivity index (χ4v) is 4.62. The maximum Gasteiger partial charge on any atom is 0.408 e. The van der Waals surface area contributed by atoms with E-state index in [0.717, 1.165) is 11.1 Å². The second-order valence-corrected chi connectivity index (χ2v) is 8.97. The monoisotopic (exact) mass is 432 g/mol. The highest BCUT2D eigenvalue weighted by molar-refractivity contribution is 7.52. The van der Waals surface area contributed by atoms with Gasteiger partial charge in [0.05, 0.1) is 0 Å². The average molecular weight is 432 g/mol. The van der Waals surface area contributed by atoms with E-state index < -0.39 is 31.4 Å². The van der Waals surface area contributed by atoms with Crippen LogP contribution in [0, 0.1) is 0 Å². The van der Waals surface area contributed by atoms with E-state index in [1.807, 2.05) is 60.7 Å². The van der Waals surface area contributed by atoms with Gasteiger partial charge in [0.15, 0.2) is 0 Å². The lowest BCUT2D eigenvalue weighted by atomic mass is 10.1. The molecule has 3 N–H and O–H groups in total. The zero-order valence-corrected chi connectivity index (χ0v) is 17.3. The second-order valence-electron chi connectivity index (χ2n) is 7.19. The third-order valence-electron chi connectivity index (χ3n) is 4.98. The van der Waals surface area contributed by atoms with Crippen LogP contribution in [0.15, 0.2) is 60.7 Å². The molecule has 1 fully saturated rings. The summed E-state index contributed by atoms with van der Waals surface area (Å²) < 4.78 is 17.0. The van der Waals surface area contributed by atoms with Crippen LogP contribution >= 0.6 is 7.60 Å². The number of ether oxygens (including phenoxy) is 1. The molecular formula is C21H25N2O6P. The van der Waals surface area contributed by atoms with Gasteiger partial charge in [0.1, 0.15) is 18.4 Å². The maximum atomic E-state index is 13.1. The van der Waals surface area contributed by atoms with Gasteiger partial charge in [0.25, 0.3) is 0 Å². The Bertz CT molecular complexity index is 902. The van der Waals surface area contributed by atoms with Crippen LogP contribution in [-0.4, -0.2) is 45.1 Å². The number of nitrogens with one attached hydrogen (secondary N) is 1. The Morgan fingerprint density at radius 2 is 1.67 bits per heavy atom. The van der Waals surface area contributed by atoms with Crippen LogP contribution in [0.2, 0.25) is 0 Å².